The van der Waals surface area contributed by atoms with Crippen molar-refractivity contribution < 1.29 is 19.0 Å². The highest BCUT2D eigenvalue weighted by Crippen LogP contribution is 2.48. The van der Waals surface area contributed by atoms with Crippen LogP contribution in [0.5, 0.6) is 5.75 Å². The van der Waals surface area contributed by atoms with E-state index in [4.69, 9.17) is 4.74 Å². The molecule has 0 aliphatic heterocycles. The van der Waals surface area contributed by atoms with E-state index in [1.165, 1.54) is 19.2 Å². The van der Waals surface area contributed by atoms with Crippen LogP contribution in [0.3, 0.4) is 0 Å². The molecule has 2 bridgehead atoms. The Labute approximate surface area is 123 Å². The second kappa shape index (κ2) is 5.64. The highest BCUT2D eigenvalue weighted by atomic mass is 19.1. The summed E-state index contributed by atoms with van der Waals surface area (Å²) < 4.78 is 19.0. The van der Waals surface area contributed by atoms with Gasteiger partial charge in [0.05, 0.1) is 12.7 Å². The van der Waals surface area contributed by atoms with Crippen LogP contribution in [0, 0.1) is 23.6 Å². The number of fused-ring (bicyclic) bond motifs is 2. The van der Waals surface area contributed by atoms with E-state index < -0.39 is 11.7 Å². The summed E-state index contributed by atoms with van der Waals surface area (Å²) in [6, 6.07) is 4.49. The quantitative estimate of drug-likeness (QED) is 0.892. The van der Waals surface area contributed by atoms with Crippen LogP contribution in [-0.4, -0.2) is 30.8 Å². The maximum Gasteiger partial charge on any atom is 0.254 e. The maximum absolute atomic E-state index is 14.1. The maximum atomic E-state index is 14.1. The Bertz CT molecular complexity index is 548. The number of aliphatic hydroxyl groups is 1. The van der Waals surface area contributed by atoms with Crippen LogP contribution in [0.2, 0.25) is 0 Å². The monoisotopic (exact) mass is 293 g/mol. The molecule has 114 valence electrons. The van der Waals surface area contributed by atoms with Crippen molar-refractivity contribution in [2.24, 2.45) is 17.8 Å². The van der Waals surface area contributed by atoms with Crippen LogP contribution in [0.4, 0.5) is 4.39 Å². The zero-order chi connectivity index (χ0) is 15.0. The van der Waals surface area contributed by atoms with Gasteiger partial charge in [0.25, 0.3) is 5.91 Å². The van der Waals surface area contributed by atoms with Gasteiger partial charge in [0.2, 0.25) is 0 Å². The summed E-state index contributed by atoms with van der Waals surface area (Å²) in [5, 5.41) is 12.5. The van der Waals surface area contributed by atoms with Crippen LogP contribution in [0.15, 0.2) is 18.2 Å². The second-order valence-electron chi connectivity index (χ2n) is 6.00. The fourth-order valence-electron chi connectivity index (χ4n) is 3.97. The third kappa shape index (κ3) is 2.39. The molecule has 5 heteroatoms. The lowest BCUT2D eigenvalue weighted by Gasteiger charge is -2.30. The normalized spacial score (nSPS) is 30.4. The molecule has 0 saturated heterocycles. The van der Waals surface area contributed by atoms with E-state index in [0.717, 1.165) is 19.3 Å². The summed E-state index contributed by atoms with van der Waals surface area (Å²) in [6.07, 6.45) is 3.25. The molecule has 1 aromatic rings. The number of methoxy groups -OCH3 is 1. The summed E-state index contributed by atoms with van der Waals surface area (Å²) in [5.74, 6) is -0.00972. The van der Waals surface area contributed by atoms with Gasteiger partial charge in [-0.05, 0) is 43.2 Å². The Morgan fingerprint density at radius 1 is 1.43 bits per heavy atom. The minimum absolute atomic E-state index is 0.00573. The van der Waals surface area contributed by atoms with E-state index in [2.05, 4.69) is 5.32 Å². The number of benzene rings is 1. The van der Waals surface area contributed by atoms with E-state index in [1.54, 1.807) is 6.07 Å². The molecule has 2 saturated carbocycles. The molecule has 0 spiro atoms. The Balaban J connectivity index is 1.78. The van der Waals surface area contributed by atoms with E-state index in [0.29, 0.717) is 11.8 Å². The Morgan fingerprint density at radius 3 is 2.90 bits per heavy atom. The molecule has 21 heavy (non-hydrogen) atoms. The van der Waals surface area contributed by atoms with Crippen molar-refractivity contribution in [3.63, 3.8) is 0 Å². The van der Waals surface area contributed by atoms with Gasteiger partial charge in [-0.2, -0.15) is 0 Å². The minimum atomic E-state index is -0.638. The zero-order valence-corrected chi connectivity index (χ0v) is 12.0. The van der Waals surface area contributed by atoms with Crippen molar-refractivity contribution in [2.45, 2.75) is 25.3 Å². The standard InChI is InChI=1S/C16H20FNO3/c1-21-13-4-2-3-11(14(13)17)16(20)18-15-10-6-5-9(7-10)12(15)8-19/h2-4,9-10,12,15,19H,5-8H2,1H3,(H,18,20). The molecule has 0 radical (unpaired) electrons. The van der Waals surface area contributed by atoms with Crippen LogP contribution in [-0.2, 0) is 0 Å². The first-order valence-corrected chi connectivity index (χ1v) is 7.40. The lowest BCUT2D eigenvalue weighted by atomic mass is 9.85. The van der Waals surface area contributed by atoms with Gasteiger partial charge in [0, 0.05) is 18.6 Å². The highest BCUT2D eigenvalue weighted by Gasteiger charge is 2.47. The van der Waals surface area contributed by atoms with Gasteiger partial charge < -0.3 is 15.2 Å². The molecule has 2 fully saturated rings. The topological polar surface area (TPSA) is 58.6 Å². The molecule has 2 aliphatic carbocycles. The van der Waals surface area contributed by atoms with Gasteiger partial charge >= 0.3 is 0 Å². The van der Waals surface area contributed by atoms with Gasteiger partial charge in [0.1, 0.15) is 0 Å². The molecule has 1 aromatic carbocycles. The predicted molar refractivity (Wildman–Crippen MR) is 75.6 cm³/mol. The lowest BCUT2D eigenvalue weighted by molar-refractivity contribution is 0.0857. The molecule has 3 rings (SSSR count). The Kier molecular flexibility index (Phi) is 3.85. The number of carbonyl (C=O) groups is 1. The molecular formula is C16H20FNO3. The number of aliphatic hydroxyl groups excluding tert-OH is 1. The van der Waals surface area contributed by atoms with Crippen molar-refractivity contribution in [1.82, 2.24) is 5.32 Å². The Hall–Kier alpha value is -1.62. The number of amides is 1. The number of ether oxygens (including phenoxy) is 1. The van der Waals surface area contributed by atoms with E-state index in [9.17, 15) is 14.3 Å². The third-order valence-corrected chi connectivity index (χ3v) is 5.02. The van der Waals surface area contributed by atoms with Gasteiger partial charge in [-0.15, -0.1) is 0 Å². The first-order valence-electron chi connectivity index (χ1n) is 7.40. The third-order valence-electron chi connectivity index (χ3n) is 5.02. The van der Waals surface area contributed by atoms with Gasteiger partial charge in [-0.1, -0.05) is 6.07 Å². The molecule has 2 N–H and O–H groups in total. The summed E-state index contributed by atoms with van der Waals surface area (Å²) in [4.78, 5) is 12.3. The number of hydrogen-bond acceptors (Lipinski definition) is 3. The van der Waals surface area contributed by atoms with Crippen molar-refractivity contribution in [2.75, 3.05) is 13.7 Å². The summed E-state index contributed by atoms with van der Waals surface area (Å²) >= 11 is 0. The van der Waals surface area contributed by atoms with E-state index >= 15 is 0 Å². The average molecular weight is 293 g/mol. The first-order chi connectivity index (χ1) is 10.2. The number of nitrogens with one attached hydrogen (secondary N) is 1. The molecular weight excluding hydrogens is 273 g/mol. The van der Waals surface area contributed by atoms with Gasteiger partial charge in [-0.25, -0.2) is 4.39 Å². The minimum Gasteiger partial charge on any atom is -0.494 e. The Morgan fingerprint density at radius 2 is 2.19 bits per heavy atom. The van der Waals surface area contributed by atoms with Crippen molar-refractivity contribution in [1.29, 1.82) is 0 Å². The summed E-state index contributed by atoms with van der Waals surface area (Å²) in [5.41, 5.74) is -0.00573. The smallest absolute Gasteiger partial charge is 0.254 e. The zero-order valence-electron chi connectivity index (χ0n) is 12.0. The predicted octanol–water partition coefficient (Wildman–Crippen LogP) is 1.97. The van der Waals surface area contributed by atoms with Gasteiger partial charge in [-0.3, -0.25) is 4.79 Å². The SMILES string of the molecule is COc1cccc(C(=O)NC2C3CCC(C3)C2CO)c1F. The van der Waals surface area contributed by atoms with Crippen LogP contribution in [0.25, 0.3) is 0 Å². The second-order valence-corrected chi connectivity index (χ2v) is 6.00. The highest BCUT2D eigenvalue weighted by molar-refractivity contribution is 5.95. The fourth-order valence-corrected chi connectivity index (χ4v) is 3.97. The largest absolute Gasteiger partial charge is 0.494 e. The van der Waals surface area contributed by atoms with E-state index in [-0.39, 0.29) is 29.9 Å². The van der Waals surface area contributed by atoms with Crippen molar-refractivity contribution in [3.8, 4) is 5.75 Å². The van der Waals surface area contributed by atoms with Crippen LogP contribution in [0.1, 0.15) is 29.6 Å². The van der Waals surface area contributed by atoms with Crippen LogP contribution >= 0.6 is 0 Å². The molecule has 0 aromatic heterocycles. The number of hydrogen-bond donors (Lipinski definition) is 2. The van der Waals surface area contributed by atoms with Crippen molar-refractivity contribution in [3.05, 3.63) is 29.6 Å². The summed E-state index contributed by atoms with van der Waals surface area (Å²) in [6.45, 7) is 0.0761. The molecule has 4 unspecified atom stereocenters. The molecule has 0 heterocycles. The molecule has 2 aliphatic rings. The van der Waals surface area contributed by atoms with Crippen molar-refractivity contribution >= 4 is 5.91 Å². The van der Waals surface area contributed by atoms with Crippen LogP contribution < -0.4 is 10.1 Å². The number of rotatable bonds is 4. The number of carbonyl (C=O) groups excluding carboxylic acids is 1. The lowest BCUT2D eigenvalue weighted by Crippen LogP contribution is -2.45. The molecule has 4 nitrogen and oxygen atoms in total. The summed E-state index contributed by atoms with van der Waals surface area (Å²) in [7, 11) is 1.37. The average Bonchev–Trinajstić information content (AvgIpc) is 3.08. The fraction of sp³-hybridized carbons (Fsp3) is 0.562. The van der Waals surface area contributed by atoms with Gasteiger partial charge in [0.15, 0.2) is 11.6 Å². The number of halogens is 1. The molecule has 4 atom stereocenters. The first kappa shape index (κ1) is 14.3. The van der Waals surface area contributed by atoms with E-state index in [1.807, 2.05) is 0 Å². The molecule has 1 amide bonds.